The van der Waals surface area contributed by atoms with E-state index in [0.29, 0.717) is 5.75 Å². The molecule has 0 fully saturated rings. The van der Waals surface area contributed by atoms with Gasteiger partial charge in [0.1, 0.15) is 9.96 Å². The third kappa shape index (κ3) is 3.25. The molecule has 2 rings (SSSR count). The van der Waals surface area contributed by atoms with Crippen LogP contribution in [0.3, 0.4) is 0 Å². The van der Waals surface area contributed by atoms with Crippen molar-refractivity contribution in [2.75, 3.05) is 0 Å². The van der Waals surface area contributed by atoms with Gasteiger partial charge < -0.3 is 10.5 Å². The first-order valence-corrected chi connectivity index (χ1v) is 8.57. The summed E-state index contributed by atoms with van der Waals surface area (Å²) in [5.41, 5.74) is 5.21. The molecular formula is C14H15NO4S2. The molecule has 0 saturated heterocycles. The Morgan fingerprint density at radius 3 is 2.33 bits per heavy atom. The van der Waals surface area contributed by atoms with Crippen molar-refractivity contribution in [2.24, 2.45) is 5.73 Å². The molecule has 1 aromatic carbocycles. The lowest BCUT2D eigenvalue weighted by Gasteiger charge is -2.10. The highest BCUT2D eigenvalue weighted by Gasteiger charge is 2.25. The van der Waals surface area contributed by atoms with E-state index in [1.54, 1.807) is 12.1 Å². The minimum Gasteiger partial charge on any atom is -0.491 e. The molecule has 0 aliphatic rings. The van der Waals surface area contributed by atoms with Gasteiger partial charge in [0.05, 0.1) is 16.6 Å². The van der Waals surface area contributed by atoms with Crippen molar-refractivity contribution in [3.63, 3.8) is 0 Å². The summed E-state index contributed by atoms with van der Waals surface area (Å²) in [5.74, 6) is -0.167. The lowest BCUT2D eigenvalue weighted by atomic mass is 10.3. The van der Waals surface area contributed by atoms with Gasteiger partial charge in [-0.1, -0.05) is 0 Å². The quantitative estimate of drug-likeness (QED) is 0.915. The van der Waals surface area contributed by atoms with E-state index in [-0.39, 0.29) is 20.8 Å². The molecule has 0 spiro atoms. The molecule has 21 heavy (non-hydrogen) atoms. The largest absolute Gasteiger partial charge is 0.491 e. The molecular weight excluding hydrogens is 310 g/mol. The van der Waals surface area contributed by atoms with Gasteiger partial charge in [0.25, 0.3) is 5.91 Å². The summed E-state index contributed by atoms with van der Waals surface area (Å²) in [5, 5.41) is 1.53. The number of carbonyl (C=O) groups excluding carboxylic acids is 1. The van der Waals surface area contributed by atoms with Gasteiger partial charge in [-0.3, -0.25) is 4.79 Å². The minimum atomic E-state index is -3.75. The predicted molar refractivity (Wildman–Crippen MR) is 80.5 cm³/mol. The summed E-state index contributed by atoms with van der Waals surface area (Å²) in [6, 6.07) is 7.50. The first-order valence-electron chi connectivity index (χ1n) is 6.21. The lowest BCUT2D eigenvalue weighted by Crippen LogP contribution is -2.14. The predicted octanol–water partition coefficient (Wildman–Crippen LogP) is 2.47. The molecule has 1 heterocycles. The number of ether oxygens (including phenoxy) is 1. The number of carbonyl (C=O) groups is 1. The molecule has 112 valence electrons. The average molecular weight is 325 g/mol. The normalized spacial score (nSPS) is 11.6. The van der Waals surface area contributed by atoms with Crippen molar-refractivity contribution in [3.05, 3.63) is 41.3 Å². The van der Waals surface area contributed by atoms with Crippen molar-refractivity contribution >= 4 is 27.1 Å². The second kappa shape index (κ2) is 5.87. The number of sulfone groups is 1. The number of hydrogen-bond acceptors (Lipinski definition) is 5. The SMILES string of the molecule is CC(C)Oc1ccc(S(=O)(=O)c2sccc2C(N)=O)cc1. The number of primary amides is 1. The van der Waals surface area contributed by atoms with Crippen LogP contribution in [0.25, 0.3) is 0 Å². The zero-order chi connectivity index (χ0) is 15.6. The monoisotopic (exact) mass is 325 g/mol. The van der Waals surface area contributed by atoms with Gasteiger partial charge in [0.15, 0.2) is 0 Å². The fourth-order valence-electron chi connectivity index (χ4n) is 1.76. The first-order chi connectivity index (χ1) is 9.82. The topological polar surface area (TPSA) is 86.5 Å². The van der Waals surface area contributed by atoms with Crippen molar-refractivity contribution in [1.29, 1.82) is 0 Å². The van der Waals surface area contributed by atoms with E-state index < -0.39 is 15.7 Å². The lowest BCUT2D eigenvalue weighted by molar-refractivity contribution is 0.0998. The highest BCUT2D eigenvalue weighted by Crippen LogP contribution is 2.29. The van der Waals surface area contributed by atoms with Crippen LogP contribution in [0.15, 0.2) is 44.8 Å². The Morgan fingerprint density at radius 2 is 1.81 bits per heavy atom. The van der Waals surface area contributed by atoms with Crippen LogP contribution in [0.1, 0.15) is 24.2 Å². The van der Waals surface area contributed by atoms with Crippen molar-refractivity contribution in [3.8, 4) is 5.75 Å². The molecule has 0 radical (unpaired) electrons. The molecule has 0 bridgehead atoms. The van der Waals surface area contributed by atoms with Gasteiger partial charge in [0, 0.05) is 0 Å². The Labute approximate surface area is 127 Å². The van der Waals surface area contributed by atoms with Crippen LogP contribution in [-0.4, -0.2) is 20.4 Å². The van der Waals surface area contributed by atoms with Crippen molar-refractivity contribution in [1.82, 2.24) is 0 Å². The fourth-order valence-corrected chi connectivity index (χ4v) is 4.51. The van der Waals surface area contributed by atoms with Gasteiger partial charge in [-0.05, 0) is 49.6 Å². The van der Waals surface area contributed by atoms with Crippen molar-refractivity contribution in [2.45, 2.75) is 29.1 Å². The van der Waals surface area contributed by atoms with Gasteiger partial charge in [0.2, 0.25) is 9.84 Å². The summed E-state index contributed by atoms with van der Waals surface area (Å²) < 4.78 is 30.5. The maximum atomic E-state index is 12.5. The van der Waals surface area contributed by atoms with Crippen LogP contribution < -0.4 is 10.5 Å². The Balaban J connectivity index is 2.40. The fraction of sp³-hybridized carbons (Fsp3) is 0.214. The van der Waals surface area contributed by atoms with Gasteiger partial charge in [-0.2, -0.15) is 0 Å². The molecule has 0 saturated carbocycles. The molecule has 5 nitrogen and oxygen atoms in total. The standard InChI is InChI=1S/C14H15NO4S2/c1-9(2)19-10-3-5-11(6-4-10)21(17,18)14-12(13(15)16)7-8-20-14/h3-9H,1-2H3,(H2,15,16). The van der Waals surface area contributed by atoms with Crippen LogP contribution in [-0.2, 0) is 9.84 Å². The van der Waals surface area contributed by atoms with E-state index in [0.717, 1.165) is 11.3 Å². The number of nitrogens with two attached hydrogens (primary N) is 1. The Morgan fingerprint density at radius 1 is 1.19 bits per heavy atom. The second-order valence-electron chi connectivity index (χ2n) is 4.63. The number of benzene rings is 1. The Kier molecular flexibility index (Phi) is 4.34. The highest BCUT2D eigenvalue weighted by molar-refractivity contribution is 7.93. The molecule has 1 aromatic heterocycles. The van der Waals surface area contributed by atoms with Crippen LogP contribution >= 0.6 is 11.3 Å². The molecule has 7 heteroatoms. The zero-order valence-corrected chi connectivity index (χ0v) is 13.2. The Bertz CT molecular complexity index is 746. The van der Waals surface area contributed by atoms with E-state index >= 15 is 0 Å². The molecule has 1 amide bonds. The summed E-state index contributed by atoms with van der Waals surface area (Å²) in [6.45, 7) is 3.77. The summed E-state index contributed by atoms with van der Waals surface area (Å²) in [4.78, 5) is 11.4. The van der Waals surface area contributed by atoms with Gasteiger partial charge >= 0.3 is 0 Å². The van der Waals surface area contributed by atoms with Crippen LogP contribution in [0, 0.1) is 0 Å². The molecule has 2 N–H and O–H groups in total. The second-order valence-corrected chi connectivity index (χ2v) is 7.69. The summed E-state index contributed by atoms with van der Waals surface area (Å²) in [7, 11) is -3.75. The smallest absolute Gasteiger partial charge is 0.250 e. The number of hydrogen-bond donors (Lipinski definition) is 1. The summed E-state index contributed by atoms with van der Waals surface area (Å²) >= 11 is 0.974. The maximum absolute atomic E-state index is 12.5. The molecule has 0 atom stereocenters. The Hall–Kier alpha value is -1.86. The zero-order valence-electron chi connectivity index (χ0n) is 11.6. The first kappa shape index (κ1) is 15.5. The van der Waals surface area contributed by atoms with E-state index in [9.17, 15) is 13.2 Å². The van der Waals surface area contributed by atoms with E-state index in [1.165, 1.54) is 23.6 Å². The molecule has 0 aliphatic carbocycles. The van der Waals surface area contributed by atoms with Crippen LogP contribution in [0.2, 0.25) is 0 Å². The van der Waals surface area contributed by atoms with E-state index in [4.69, 9.17) is 10.5 Å². The molecule has 0 aliphatic heterocycles. The van der Waals surface area contributed by atoms with Gasteiger partial charge in [-0.15, -0.1) is 11.3 Å². The van der Waals surface area contributed by atoms with Crippen LogP contribution in [0.4, 0.5) is 0 Å². The third-order valence-electron chi connectivity index (χ3n) is 2.65. The van der Waals surface area contributed by atoms with Crippen LogP contribution in [0.5, 0.6) is 5.75 Å². The number of amides is 1. The van der Waals surface area contributed by atoms with E-state index in [1.807, 2.05) is 13.8 Å². The maximum Gasteiger partial charge on any atom is 0.250 e. The van der Waals surface area contributed by atoms with Gasteiger partial charge in [-0.25, -0.2) is 8.42 Å². The minimum absolute atomic E-state index is 0.00576. The number of rotatable bonds is 5. The molecule has 2 aromatic rings. The summed E-state index contributed by atoms with van der Waals surface area (Å²) in [6.07, 6.45) is 0.00576. The highest BCUT2D eigenvalue weighted by atomic mass is 32.2. The van der Waals surface area contributed by atoms with E-state index in [2.05, 4.69) is 0 Å². The number of thiophene rings is 1. The van der Waals surface area contributed by atoms with Crippen molar-refractivity contribution < 1.29 is 17.9 Å². The average Bonchev–Trinajstić information content (AvgIpc) is 2.88. The molecule has 0 unspecified atom stereocenters. The third-order valence-corrected chi connectivity index (χ3v) is 5.90.